The minimum atomic E-state index is -0.464. The molecule has 0 unspecified atom stereocenters. The third kappa shape index (κ3) is 8.48. The Bertz CT molecular complexity index is 679. The quantitative estimate of drug-likeness (QED) is 0.321. The van der Waals surface area contributed by atoms with Crippen LogP contribution in [0, 0.1) is 0 Å². The number of rotatable bonds is 14. The van der Waals surface area contributed by atoms with Crippen LogP contribution < -0.4 is 5.32 Å². The van der Waals surface area contributed by atoms with Crippen molar-refractivity contribution in [2.24, 2.45) is 0 Å². The fourth-order valence-corrected chi connectivity index (χ4v) is 3.75. The number of hydrogen-bond donors (Lipinski definition) is 3. The second-order valence-corrected chi connectivity index (χ2v) is 8.09. The molecule has 0 aliphatic carbocycles. The molecule has 4 heteroatoms. The average Bonchev–Trinajstić information content (AvgIpc) is 2.75. The maximum atomic E-state index is 12.9. The second-order valence-electron chi connectivity index (χ2n) is 8.09. The van der Waals surface area contributed by atoms with Crippen LogP contribution in [0.25, 0.3) is 0 Å². The molecule has 0 bridgehead atoms. The van der Waals surface area contributed by atoms with Gasteiger partial charge in [0.25, 0.3) is 0 Å². The fraction of sp³-hybridized carbons (Fsp3) is 0.500. The molecule has 164 valence electrons. The van der Waals surface area contributed by atoms with E-state index in [0.717, 1.165) is 24.0 Å². The van der Waals surface area contributed by atoms with Gasteiger partial charge in [-0.2, -0.15) is 0 Å². The molecule has 0 fully saturated rings. The molecule has 0 saturated heterocycles. The Balaban J connectivity index is 1.77. The zero-order valence-corrected chi connectivity index (χ0v) is 18.3. The summed E-state index contributed by atoms with van der Waals surface area (Å²) >= 11 is 0. The molecular formula is C26H37NO3. The highest BCUT2D eigenvalue weighted by Gasteiger charge is 2.22. The molecule has 0 spiro atoms. The van der Waals surface area contributed by atoms with Crippen molar-refractivity contribution >= 4 is 5.91 Å². The molecule has 0 atom stereocenters. The monoisotopic (exact) mass is 411 g/mol. The number of carbonyl (C=O) groups excluding carboxylic acids is 1. The Morgan fingerprint density at radius 3 is 1.53 bits per heavy atom. The van der Waals surface area contributed by atoms with Gasteiger partial charge in [0.2, 0.25) is 5.91 Å². The minimum Gasteiger partial charge on any atom is -0.508 e. The van der Waals surface area contributed by atoms with Crippen molar-refractivity contribution in [3.63, 3.8) is 0 Å². The standard InChI is InChI=1S/C26H37NO3/c1-2-3-4-5-6-7-8-9-10-11-20-27-26(30)25(21-12-16-23(28)17-13-21)22-14-18-24(29)19-15-22/h12-19,25,28-29H,2-11,20H2,1H3,(H,27,30). The van der Waals surface area contributed by atoms with E-state index < -0.39 is 5.92 Å². The fourth-order valence-electron chi connectivity index (χ4n) is 3.75. The van der Waals surface area contributed by atoms with Gasteiger partial charge in [-0.05, 0) is 41.8 Å². The van der Waals surface area contributed by atoms with Crippen LogP contribution in [0.4, 0.5) is 0 Å². The van der Waals surface area contributed by atoms with Crippen LogP contribution in [0.5, 0.6) is 11.5 Å². The topological polar surface area (TPSA) is 69.6 Å². The summed E-state index contributed by atoms with van der Waals surface area (Å²) in [7, 11) is 0. The van der Waals surface area contributed by atoms with Crippen LogP contribution in [-0.2, 0) is 4.79 Å². The van der Waals surface area contributed by atoms with Crippen molar-refractivity contribution in [2.75, 3.05) is 6.54 Å². The molecule has 2 aromatic carbocycles. The Morgan fingerprint density at radius 1 is 0.700 bits per heavy atom. The first-order valence-electron chi connectivity index (χ1n) is 11.5. The molecule has 2 aromatic rings. The summed E-state index contributed by atoms with van der Waals surface area (Å²) in [6, 6.07) is 13.5. The van der Waals surface area contributed by atoms with E-state index in [1.807, 2.05) is 0 Å². The van der Waals surface area contributed by atoms with Crippen LogP contribution in [0.15, 0.2) is 48.5 Å². The maximum Gasteiger partial charge on any atom is 0.232 e. The number of aromatic hydroxyl groups is 2. The summed E-state index contributed by atoms with van der Waals surface area (Å²) in [5.74, 6) is -0.167. The second kappa shape index (κ2) is 13.7. The van der Waals surface area contributed by atoms with Crippen molar-refractivity contribution in [3.8, 4) is 11.5 Å². The van der Waals surface area contributed by atoms with Gasteiger partial charge in [-0.1, -0.05) is 89.0 Å². The predicted molar refractivity (Wildman–Crippen MR) is 123 cm³/mol. The Kier molecular flexibility index (Phi) is 10.8. The zero-order chi connectivity index (χ0) is 21.6. The van der Waals surface area contributed by atoms with Crippen LogP contribution in [-0.4, -0.2) is 22.7 Å². The van der Waals surface area contributed by atoms with E-state index in [0.29, 0.717) is 6.54 Å². The van der Waals surface area contributed by atoms with Gasteiger partial charge in [-0.25, -0.2) is 0 Å². The molecule has 0 radical (unpaired) electrons. The van der Waals surface area contributed by atoms with Crippen molar-refractivity contribution in [3.05, 3.63) is 59.7 Å². The van der Waals surface area contributed by atoms with E-state index in [1.165, 1.54) is 51.4 Å². The van der Waals surface area contributed by atoms with E-state index >= 15 is 0 Å². The molecule has 2 rings (SSSR count). The summed E-state index contributed by atoms with van der Waals surface area (Å²) in [5.41, 5.74) is 1.64. The molecule has 0 aliphatic heterocycles. The van der Waals surface area contributed by atoms with Crippen molar-refractivity contribution < 1.29 is 15.0 Å². The molecule has 3 N–H and O–H groups in total. The third-order valence-corrected chi connectivity index (χ3v) is 5.54. The molecule has 0 saturated carbocycles. The zero-order valence-electron chi connectivity index (χ0n) is 18.3. The number of carbonyl (C=O) groups is 1. The maximum absolute atomic E-state index is 12.9. The number of unbranched alkanes of at least 4 members (excludes halogenated alkanes) is 9. The van der Waals surface area contributed by atoms with Crippen molar-refractivity contribution in [1.29, 1.82) is 0 Å². The van der Waals surface area contributed by atoms with Gasteiger partial charge in [0, 0.05) is 6.54 Å². The lowest BCUT2D eigenvalue weighted by Gasteiger charge is -2.18. The number of amides is 1. The van der Waals surface area contributed by atoms with Crippen molar-refractivity contribution in [1.82, 2.24) is 5.32 Å². The summed E-state index contributed by atoms with van der Waals surface area (Å²) in [5, 5.41) is 22.2. The predicted octanol–water partition coefficient (Wildman–Crippen LogP) is 6.27. The smallest absolute Gasteiger partial charge is 0.232 e. The number of phenols is 2. The molecule has 30 heavy (non-hydrogen) atoms. The van der Waals surface area contributed by atoms with Gasteiger partial charge in [0.15, 0.2) is 0 Å². The summed E-state index contributed by atoms with van der Waals surface area (Å²) in [6.45, 7) is 2.92. The number of phenolic OH excluding ortho intramolecular Hbond substituents is 2. The lowest BCUT2D eigenvalue weighted by atomic mass is 9.90. The van der Waals surface area contributed by atoms with E-state index in [2.05, 4.69) is 12.2 Å². The van der Waals surface area contributed by atoms with Crippen LogP contribution in [0.1, 0.15) is 88.2 Å². The SMILES string of the molecule is CCCCCCCCCCCCNC(=O)C(c1ccc(O)cc1)c1ccc(O)cc1. The van der Waals surface area contributed by atoms with Crippen molar-refractivity contribution in [2.45, 2.75) is 77.0 Å². The number of hydrogen-bond acceptors (Lipinski definition) is 3. The highest BCUT2D eigenvalue weighted by atomic mass is 16.3. The van der Waals surface area contributed by atoms with Gasteiger partial charge < -0.3 is 15.5 Å². The molecular weight excluding hydrogens is 374 g/mol. The first-order chi connectivity index (χ1) is 14.6. The summed E-state index contributed by atoms with van der Waals surface area (Å²) in [4.78, 5) is 12.9. The van der Waals surface area contributed by atoms with Crippen LogP contribution >= 0.6 is 0 Å². The third-order valence-electron chi connectivity index (χ3n) is 5.54. The molecule has 0 aromatic heterocycles. The van der Waals surface area contributed by atoms with Gasteiger partial charge in [-0.3, -0.25) is 4.79 Å². The van der Waals surface area contributed by atoms with Crippen LogP contribution in [0.2, 0.25) is 0 Å². The van der Waals surface area contributed by atoms with E-state index in [1.54, 1.807) is 48.5 Å². The van der Waals surface area contributed by atoms with Crippen LogP contribution in [0.3, 0.4) is 0 Å². The summed E-state index contributed by atoms with van der Waals surface area (Å²) in [6.07, 6.45) is 12.7. The lowest BCUT2D eigenvalue weighted by molar-refractivity contribution is -0.121. The molecule has 4 nitrogen and oxygen atoms in total. The first kappa shape index (κ1) is 23.8. The molecule has 1 amide bonds. The van der Waals surface area contributed by atoms with E-state index in [-0.39, 0.29) is 17.4 Å². The van der Waals surface area contributed by atoms with E-state index in [4.69, 9.17) is 0 Å². The summed E-state index contributed by atoms with van der Waals surface area (Å²) < 4.78 is 0. The Morgan fingerprint density at radius 2 is 1.10 bits per heavy atom. The van der Waals surface area contributed by atoms with Gasteiger partial charge >= 0.3 is 0 Å². The first-order valence-corrected chi connectivity index (χ1v) is 11.5. The molecule has 0 aliphatic rings. The van der Waals surface area contributed by atoms with E-state index in [9.17, 15) is 15.0 Å². The highest BCUT2D eigenvalue weighted by molar-refractivity contribution is 5.87. The average molecular weight is 412 g/mol. The lowest BCUT2D eigenvalue weighted by Crippen LogP contribution is -2.30. The minimum absolute atomic E-state index is 0.0534. The normalized spacial score (nSPS) is 11.0. The van der Waals surface area contributed by atoms with Gasteiger partial charge in [-0.15, -0.1) is 0 Å². The largest absolute Gasteiger partial charge is 0.508 e. The Labute approximate surface area is 181 Å². The number of benzene rings is 2. The number of nitrogens with one attached hydrogen (secondary N) is 1. The Hall–Kier alpha value is -2.49. The molecule has 0 heterocycles. The van der Waals surface area contributed by atoms with Gasteiger partial charge in [0.05, 0.1) is 5.92 Å². The van der Waals surface area contributed by atoms with Gasteiger partial charge in [0.1, 0.15) is 11.5 Å². The highest BCUT2D eigenvalue weighted by Crippen LogP contribution is 2.27.